The Morgan fingerprint density at radius 2 is 1.50 bits per heavy atom. The van der Waals surface area contributed by atoms with Crippen LogP contribution in [0.25, 0.3) is 0 Å². The molecule has 0 aromatic rings. The highest BCUT2D eigenvalue weighted by molar-refractivity contribution is 4.72. The highest BCUT2D eigenvalue weighted by Gasteiger charge is 2.29. The minimum absolute atomic E-state index is 0.0301. The molecule has 3 rings (SSSR count). The van der Waals surface area contributed by atoms with Gasteiger partial charge in [-0.1, -0.05) is 6.92 Å². The van der Waals surface area contributed by atoms with Gasteiger partial charge in [0.15, 0.2) is 12.6 Å². The quantitative estimate of drug-likeness (QED) is 0.780. The highest BCUT2D eigenvalue weighted by Crippen LogP contribution is 2.25. The maximum atomic E-state index is 6.03. The zero-order valence-electron chi connectivity index (χ0n) is 13.7. The highest BCUT2D eigenvalue weighted by atomic mass is 16.7. The Hall–Kier alpha value is -0.200. The minimum atomic E-state index is -0.0982. The van der Waals surface area contributed by atoms with Crippen LogP contribution in [0.3, 0.4) is 0 Å². The van der Waals surface area contributed by atoms with Gasteiger partial charge in [-0.15, -0.1) is 0 Å². The number of hydrogen-bond donors (Lipinski definition) is 0. The second-order valence-corrected chi connectivity index (χ2v) is 6.59. The first kappa shape index (κ1) is 16.7. The van der Waals surface area contributed by atoms with E-state index in [2.05, 4.69) is 6.92 Å². The zero-order chi connectivity index (χ0) is 15.2. The standard InChI is InChI=1S/C17H30O5/c1-2-13-6-7-14(11-19-13)22-17-9-8-15(12-20-17)21-16-5-3-4-10-18-16/h13-17H,2-12H2,1H3. The Kier molecular flexibility index (Phi) is 6.51. The first-order valence-corrected chi connectivity index (χ1v) is 8.99. The maximum Gasteiger partial charge on any atom is 0.158 e. The van der Waals surface area contributed by atoms with Crippen LogP contribution in [-0.4, -0.2) is 50.7 Å². The van der Waals surface area contributed by atoms with Crippen molar-refractivity contribution in [3.05, 3.63) is 0 Å². The van der Waals surface area contributed by atoms with E-state index in [1.165, 1.54) is 6.42 Å². The minimum Gasteiger partial charge on any atom is -0.376 e. The third kappa shape index (κ3) is 4.90. The van der Waals surface area contributed by atoms with Gasteiger partial charge in [-0.05, 0) is 44.9 Å². The lowest BCUT2D eigenvalue weighted by Gasteiger charge is -2.35. The van der Waals surface area contributed by atoms with Crippen molar-refractivity contribution in [3.8, 4) is 0 Å². The molecular weight excluding hydrogens is 284 g/mol. The molecule has 3 fully saturated rings. The van der Waals surface area contributed by atoms with Crippen molar-refractivity contribution >= 4 is 0 Å². The van der Waals surface area contributed by atoms with Gasteiger partial charge in [0.05, 0.1) is 31.5 Å². The molecule has 128 valence electrons. The molecule has 3 aliphatic heterocycles. The molecule has 22 heavy (non-hydrogen) atoms. The van der Waals surface area contributed by atoms with E-state index in [1.807, 2.05) is 0 Å². The Balaban J connectivity index is 1.32. The molecule has 0 spiro atoms. The lowest BCUT2D eigenvalue weighted by atomic mass is 10.1. The van der Waals surface area contributed by atoms with Crippen LogP contribution in [0.2, 0.25) is 0 Å². The van der Waals surface area contributed by atoms with Gasteiger partial charge < -0.3 is 23.7 Å². The molecule has 0 aliphatic carbocycles. The summed E-state index contributed by atoms with van der Waals surface area (Å²) >= 11 is 0. The van der Waals surface area contributed by atoms with Crippen molar-refractivity contribution in [2.45, 2.75) is 89.2 Å². The second kappa shape index (κ2) is 8.60. The summed E-state index contributed by atoms with van der Waals surface area (Å²) in [6.45, 7) is 4.31. The molecule has 0 aromatic heterocycles. The van der Waals surface area contributed by atoms with Gasteiger partial charge in [0.2, 0.25) is 0 Å². The normalized spacial score (nSPS) is 40.5. The second-order valence-electron chi connectivity index (χ2n) is 6.59. The molecule has 0 radical (unpaired) electrons. The fraction of sp³-hybridized carbons (Fsp3) is 1.00. The van der Waals surface area contributed by atoms with Crippen LogP contribution < -0.4 is 0 Å². The summed E-state index contributed by atoms with van der Waals surface area (Å²) in [6.07, 6.45) is 9.12. The Bertz CT molecular complexity index is 302. The van der Waals surface area contributed by atoms with E-state index in [4.69, 9.17) is 23.7 Å². The molecule has 0 amide bonds. The summed E-state index contributed by atoms with van der Waals surface area (Å²) in [7, 11) is 0. The molecule has 5 nitrogen and oxygen atoms in total. The molecular formula is C17H30O5. The van der Waals surface area contributed by atoms with Crippen LogP contribution >= 0.6 is 0 Å². The largest absolute Gasteiger partial charge is 0.376 e. The predicted octanol–water partition coefficient (Wildman–Crippen LogP) is 3.01. The predicted molar refractivity (Wildman–Crippen MR) is 81.6 cm³/mol. The molecule has 5 atom stereocenters. The van der Waals surface area contributed by atoms with Crippen molar-refractivity contribution in [1.29, 1.82) is 0 Å². The molecule has 0 aromatic carbocycles. The summed E-state index contributed by atoms with van der Waals surface area (Å²) < 4.78 is 29.2. The van der Waals surface area contributed by atoms with Gasteiger partial charge in [-0.25, -0.2) is 0 Å². The van der Waals surface area contributed by atoms with E-state index in [9.17, 15) is 0 Å². The molecule has 3 aliphatic rings. The Morgan fingerprint density at radius 1 is 0.773 bits per heavy atom. The Morgan fingerprint density at radius 3 is 2.05 bits per heavy atom. The molecule has 3 heterocycles. The summed E-state index contributed by atoms with van der Waals surface area (Å²) in [4.78, 5) is 0. The molecule has 5 unspecified atom stereocenters. The van der Waals surface area contributed by atoms with E-state index >= 15 is 0 Å². The molecule has 3 saturated heterocycles. The third-order valence-electron chi connectivity index (χ3n) is 4.80. The smallest absolute Gasteiger partial charge is 0.158 e. The molecule has 0 N–H and O–H groups in total. The average molecular weight is 314 g/mol. The summed E-state index contributed by atoms with van der Waals surface area (Å²) in [5.74, 6) is 0. The van der Waals surface area contributed by atoms with E-state index in [0.29, 0.717) is 19.3 Å². The molecule has 0 bridgehead atoms. The lowest BCUT2D eigenvalue weighted by molar-refractivity contribution is -0.257. The summed E-state index contributed by atoms with van der Waals surface area (Å²) in [6, 6.07) is 0. The lowest BCUT2D eigenvalue weighted by Crippen LogP contribution is -2.40. The van der Waals surface area contributed by atoms with E-state index < -0.39 is 0 Å². The molecule has 0 saturated carbocycles. The van der Waals surface area contributed by atoms with Crippen molar-refractivity contribution in [2.24, 2.45) is 0 Å². The first-order valence-electron chi connectivity index (χ1n) is 8.99. The van der Waals surface area contributed by atoms with E-state index in [1.54, 1.807) is 0 Å². The van der Waals surface area contributed by atoms with Crippen LogP contribution in [0.15, 0.2) is 0 Å². The van der Waals surface area contributed by atoms with E-state index in [-0.39, 0.29) is 24.8 Å². The van der Waals surface area contributed by atoms with Crippen LogP contribution in [0.1, 0.15) is 58.3 Å². The fourth-order valence-electron chi connectivity index (χ4n) is 3.38. The number of ether oxygens (including phenoxy) is 5. The average Bonchev–Trinajstić information content (AvgIpc) is 2.58. The van der Waals surface area contributed by atoms with Gasteiger partial charge in [0.1, 0.15) is 0 Å². The van der Waals surface area contributed by atoms with Crippen LogP contribution in [0, 0.1) is 0 Å². The summed E-state index contributed by atoms with van der Waals surface area (Å²) in [5.41, 5.74) is 0. The fourth-order valence-corrected chi connectivity index (χ4v) is 3.38. The summed E-state index contributed by atoms with van der Waals surface area (Å²) in [5, 5.41) is 0. The van der Waals surface area contributed by atoms with E-state index in [0.717, 1.165) is 51.6 Å². The van der Waals surface area contributed by atoms with Crippen molar-refractivity contribution < 1.29 is 23.7 Å². The van der Waals surface area contributed by atoms with Crippen molar-refractivity contribution in [1.82, 2.24) is 0 Å². The van der Waals surface area contributed by atoms with Crippen LogP contribution in [0.5, 0.6) is 0 Å². The van der Waals surface area contributed by atoms with Crippen molar-refractivity contribution in [2.75, 3.05) is 19.8 Å². The topological polar surface area (TPSA) is 46.2 Å². The van der Waals surface area contributed by atoms with Gasteiger partial charge in [0, 0.05) is 13.0 Å². The van der Waals surface area contributed by atoms with Gasteiger partial charge in [-0.3, -0.25) is 0 Å². The molecule has 5 heteroatoms. The monoisotopic (exact) mass is 314 g/mol. The van der Waals surface area contributed by atoms with Gasteiger partial charge in [-0.2, -0.15) is 0 Å². The van der Waals surface area contributed by atoms with Gasteiger partial charge in [0.25, 0.3) is 0 Å². The van der Waals surface area contributed by atoms with Crippen molar-refractivity contribution in [3.63, 3.8) is 0 Å². The van der Waals surface area contributed by atoms with Gasteiger partial charge >= 0.3 is 0 Å². The first-order chi connectivity index (χ1) is 10.8. The SMILES string of the molecule is CCC1CCC(OC2CCC(OC3CCCCO3)CO2)CO1. The van der Waals surface area contributed by atoms with Crippen LogP contribution in [0.4, 0.5) is 0 Å². The zero-order valence-corrected chi connectivity index (χ0v) is 13.7. The third-order valence-corrected chi connectivity index (χ3v) is 4.80. The number of rotatable bonds is 5. The van der Waals surface area contributed by atoms with Crippen LogP contribution in [-0.2, 0) is 23.7 Å². The maximum absolute atomic E-state index is 6.03. The Labute approximate surface area is 133 Å². The number of hydrogen-bond acceptors (Lipinski definition) is 5.